The minimum Gasteiger partial charge on any atom is -0.495 e. The molecule has 0 bridgehead atoms. The van der Waals surface area contributed by atoms with E-state index in [1.165, 1.54) is 23.6 Å². The molecule has 156 valence electrons. The van der Waals surface area contributed by atoms with Crippen LogP contribution in [0.3, 0.4) is 0 Å². The summed E-state index contributed by atoms with van der Waals surface area (Å²) in [6.07, 6.45) is 3.06. The van der Waals surface area contributed by atoms with Gasteiger partial charge in [0.2, 0.25) is 15.9 Å². The van der Waals surface area contributed by atoms with Crippen LogP contribution < -0.4 is 4.74 Å². The Labute approximate surface area is 175 Å². The fourth-order valence-electron chi connectivity index (χ4n) is 2.93. The van der Waals surface area contributed by atoms with E-state index in [1.54, 1.807) is 41.5 Å². The monoisotopic (exact) mass is 436 g/mol. The van der Waals surface area contributed by atoms with E-state index in [4.69, 9.17) is 9.47 Å². The first kappa shape index (κ1) is 21.5. The van der Waals surface area contributed by atoms with Crippen LogP contribution in [0, 0.1) is 0 Å². The summed E-state index contributed by atoms with van der Waals surface area (Å²) in [5, 5.41) is 1.97. The average Bonchev–Trinajstić information content (AvgIpc) is 3.25. The van der Waals surface area contributed by atoms with E-state index in [0.29, 0.717) is 38.4 Å². The van der Waals surface area contributed by atoms with Gasteiger partial charge in [-0.05, 0) is 35.2 Å². The zero-order valence-corrected chi connectivity index (χ0v) is 18.0. The molecule has 1 aromatic heterocycles. The fourth-order valence-corrected chi connectivity index (χ4v) is 5.29. The van der Waals surface area contributed by atoms with Gasteiger partial charge in [-0.15, -0.1) is 11.3 Å². The minimum atomic E-state index is -3.72. The Balaban J connectivity index is 1.79. The zero-order valence-electron chi connectivity index (χ0n) is 16.4. The molecule has 1 saturated heterocycles. The first-order chi connectivity index (χ1) is 13.9. The first-order valence-electron chi connectivity index (χ1n) is 9.13. The van der Waals surface area contributed by atoms with Crippen LogP contribution >= 0.6 is 11.3 Å². The average molecular weight is 437 g/mol. The fraction of sp³-hybridized carbons (Fsp3) is 0.350. The Hall–Kier alpha value is -2.20. The number of hydrogen-bond acceptors (Lipinski definition) is 6. The van der Waals surface area contributed by atoms with Crippen molar-refractivity contribution in [3.63, 3.8) is 0 Å². The molecule has 3 rings (SSSR count). The topological polar surface area (TPSA) is 76.2 Å². The van der Waals surface area contributed by atoms with Gasteiger partial charge in [-0.2, -0.15) is 4.31 Å². The lowest BCUT2D eigenvalue weighted by Gasteiger charge is -2.26. The minimum absolute atomic E-state index is 0.0865. The van der Waals surface area contributed by atoms with Gasteiger partial charge in [0.25, 0.3) is 0 Å². The summed E-state index contributed by atoms with van der Waals surface area (Å²) < 4.78 is 38.0. The maximum absolute atomic E-state index is 13.0. The lowest BCUT2D eigenvalue weighted by atomic mass is 10.2. The van der Waals surface area contributed by atoms with Crippen molar-refractivity contribution in [2.75, 3.05) is 40.5 Å². The summed E-state index contributed by atoms with van der Waals surface area (Å²) in [5.41, 5.74) is 0.607. The molecule has 2 heterocycles. The van der Waals surface area contributed by atoms with E-state index < -0.39 is 10.0 Å². The van der Waals surface area contributed by atoms with Crippen molar-refractivity contribution < 1.29 is 22.7 Å². The third-order valence-electron chi connectivity index (χ3n) is 4.54. The van der Waals surface area contributed by atoms with E-state index in [9.17, 15) is 13.2 Å². The van der Waals surface area contributed by atoms with Gasteiger partial charge in [-0.3, -0.25) is 4.79 Å². The van der Waals surface area contributed by atoms with Crippen LogP contribution in [0.15, 0.2) is 46.7 Å². The van der Waals surface area contributed by atoms with Crippen molar-refractivity contribution in [3.05, 3.63) is 52.2 Å². The molecule has 1 aliphatic heterocycles. The highest BCUT2D eigenvalue weighted by Gasteiger charge is 2.29. The molecule has 0 N–H and O–H groups in total. The molecule has 0 atom stereocenters. The summed E-state index contributed by atoms with van der Waals surface area (Å²) in [6.45, 7) is 1.87. The van der Waals surface area contributed by atoms with Crippen LogP contribution in [0.5, 0.6) is 5.75 Å². The Morgan fingerprint density at radius 1 is 1.31 bits per heavy atom. The van der Waals surface area contributed by atoms with E-state index in [1.807, 2.05) is 17.5 Å². The molecule has 0 unspecified atom stereocenters. The number of benzene rings is 1. The molecule has 9 heteroatoms. The number of methoxy groups -OCH3 is 1. The van der Waals surface area contributed by atoms with Gasteiger partial charge in [0, 0.05) is 31.1 Å². The lowest BCUT2D eigenvalue weighted by Crippen LogP contribution is -2.40. The normalized spacial score (nSPS) is 15.5. The van der Waals surface area contributed by atoms with Crippen LogP contribution in [-0.2, 0) is 26.1 Å². The van der Waals surface area contributed by atoms with E-state index >= 15 is 0 Å². The first-order valence-corrected chi connectivity index (χ1v) is 11.5. The highest BCUT2D eigenvalue weighted by Crippen LogP contribution is 2.29. The van der Waals surface area contributed by atoms with Crippen LogP contribution in [0.4, 0.5) is 0 Å². The van der Waals surface area contributed by atoms with E-state index in [2.05, 4.69) is 0 Å². The van der Waals surface area contributed by atoms with Crippen molar-refractivity contribution in [2.24, 2.45) is 0 Å². The molecule has 0 spiro atoms. The van der Waals surface area contributed by atoms with E-state index in [0.717, 1.165) is 4.88 Å². The predicted molar refractivity (Wildman–Crippen MR) is 112 cm³/mol. The van der Waals surface area contributed by atoms with Gasteiger partial charge in [0.1, 0.15) is 10.6 Å². The number of rotatable bonds is 7. The Kier molecular flexibility index (Phi) is 7.07. The number of ether oxygens (including phenoxy) is 2. The second kappa shape index (κ2) is 9.53. The largest absolute Gasteiger partial charge is 0.495 e. The van der Waals surface area contributed by atoms with Gasteiger partial charge >= 0.3 is 0 Å². The predicted octanol–water partition coefficient (Wildman–Crippen LogP) is 2.45. The molecule has 1 aliphatic rings. The maximum atomic E-state index is 13.0. The number of likely N-dealkylation sites (N-methyl/N-ethyl adjacent to an activating group) is 1. The molecule has 0 aliphatic carbocycles. The number of amides is 1. The molecule has 7 nitrogen and oxygen atoms in total. The van der Waals surface area contributed by atoms with Crippen molar-refractivity contribution in [3.8, 4) is 5.75 Å². The highest BCUT2D eigenvalue weighted by atomic mass is 32.2. The SMILES string of the molecule is COc1ccc(C=CC(=O)N(C)Cc2cccs2)cc1S(=O)(=O)N1CCOCC1. The van der Waals surface area contributed by atoms with Crippen LogP contribution in [0.25, 0.3) is 6.08 Å². The summed E-state index contributed by atoms with van der Waals surface area (Å²) in [6, 6.07) is 8.78. The Morgan fingerprint density at radius 3 is 2.72 bits per heavy atom. The molecular weight excluding hydrogens is 412 g/mol. The highest BCUT2D eigenvalue weighted by molar-refractivity contribution is 7.89. The number of sulfonamides is 1. The van der Waals surface area contributed by atoms with Gasteiger partial charge in [-0.1, -0.05) is 12.1 Å². The molecule has 1 aromatic carbocycles. The van der Waals surface area contributed by atoms with Gasteiger partial charge in [0.05, 0.1) is 26.9 Å². The molecule has 0 radical (unpaired) electrons. The van der Waals surface area contributed by atoms with Crippen LogP contribution in [0.2, 0.25) is 0 Å². The lowest BCUT2D eigenvalue weighted by molar-refractivity contribution is -0.125. The van der Waals surface area contributed by atoms with Gasteiger partial charge in [-0.25, -0.2) is 8.42 Å². The molecular formula is C20H24N2O5S2. The van der Waals surface area contributed by atoms with Crippen molar-refractivity contribution in [1.82, 2.24) is 9.21 Å². The van der Waals surface area contributed by atoms with Crippen molar-refractivity contribution in [2.45, 2.75) is 11.4 Å². The molecule has 0 saturated carbocycles. The molecule has 1 amide bonds. The molecule has 29 heavy (non-hydrogen) atoms. The molecule has 2 aromatic rings. The molecule has 1 fully saturated rings. The Morgan fingerprint density at radius 2 is 2.07 bits per heavy atom. The van der Waals surface area contributed by atoms with Crippen LogP contribution in [0.1, 0.15) is 10.4 Å². The van der Waals surface area contributed by atoms with Gasteiger partial charge in [0.15, 0.2) is 0 Å². The number of nitrogens with zero attached hydrogens (tertiary/aromatic N) is 2. The second-order valence-electron chi connectivity index (χ2n) is 6.53. The number of morpholine rings is 1. The van der Waals surface area contributed by atoms with Gasteiger partial charge < -0.3 is 14.4 Å². The number of carbonyl (C=O) groups is 1. The quantitative estimate of drug-likeness (QED) is 0.623. The summed E-state index contributed by atoms with van der Waals surface area (Å²) in [5.74, 6) is 0.113. The Bertz CT molecular complexity index is 965. The van der Waals surface area contributed by atoms with Crippen LogP contribution in [-0.4, -0.2) is 64.0 Å². The third kappa shape index (κ3) is 5.24. The zero-order chi connectivity index (χ0) is 20.9. The van der Waals surface area contributed by atoms with E-state index in [-0.39, 0.29) is 16.6 Å². The maximum Gasteiger partial charge on any atom is 0.246 e. The smallest absolute Gasteiger partial charge is 0.246 e. The van der Waals surface area contributed by atoms with Crippen molar-refractivity contribution >= 4 is 33.3 Å². The number of thiophene rings is 1. The summed E-state index contributed by atoms with van der Waals surface area (Å²) in [4.78, 5) is 15.2. The van der Waals surface area contributed by atoms with Crippen molar-refractivity contribution in [1.29, 1.82) is 0 Å². The number of carbonyl (C=O) groups excluding carboxylic acids is 1. The second-order valence-corrected chi connectivity index (χ2v) is 9.47. The summed E-state index contributed by atoms with van der Waals surface area (Å²) >= 11 is 1.59. The number of hydrogen-bond donors (Lipinski definition) is 0. The third-order valence-corrected chi connectivity index (χ3v) is 7.32. The standard InChI is InChI=1S/C20H24N2O5S2/c1-21(15-17-4-3-13-28-17)20(23)8-6-16-5-7-18(26-2)19(14-16)29(24,25)22-9-11-27-12-10-22/h3-8,13-14H,9-12,15H2,1-2H3. The summed E-state index contributed by atoms with van der Waals surface area (Å²) in [7, 11) is -0.548.